The van der Waals surface area contributed by atoms with E-state index >= 15 is 0 Å². The predicted octanol–water partition coefficient (Wildman–Crippen LogP) is 4.00. The van der Waals surface area contributed by atoms with Crippen LogP contribution in [-0.4, -0.2) is 31.7 Å². The Kier molecular flexibility index (Phi) is 6.97. The number of amides is 1. The highest BCUT2D eigenvalue weighted by atomic mass is 35.5. The molecule has 8 heteroatoms. The molecule has 27 heavy (non-hydrogen) atoms. The number of carbonyl (C=O) groups is 1. The van der Waals surface area contributed by atoms with E-state index in [1.807, 2.05) is 0 Å². The summed E-state index contributed by atoms with van der Waals surface area (Å²) >= 11 is 6.11. The SMILES string of the molecule is CCN(CC)S(=O)(=O)c1ccc(Cl)c(C(=O)N[C@H](C)c2ccccc2F)c1. The Morgan fingerprint density at radius 2 is 1.81 bits per heavy atom. The lowest BCUT2D eigenvalue weighted by Crippen LogP contribution is -2.31. The second kappa shape index (κ2) is 8.82. The van der Waals surface area contributed by atoms with Crippen LogP contribution in [0, 0.1) is 5.82 Å². The van der Waals surface area contributed by atoms with E-state index in [0.29, 0.717) is 18.7 Å². The van der Waals surface area contributed by atoms with E-state index in [1.165, 1.54) is 28.6 Å². The second-order valence-electron chi connectivity index (χ2n) is 5.95. The maximum atomic E-state index is 13.9. The quantitative estimate of drug-likeness (QED) is 0.747. The summed E-state index contributed by atoms with van der Waals surface area (Å²) in [7, 11) is -3.73. The third kappa shape index (κ3) is 4.66. The van der Waals surface area contributed by atoms with Gasteiger partial charge in [0, 0.05) is 18.7 Å². The molecule has 0 aliphatic heterocycles. The molecule has 0 unspecified atom stereocenters. The lowest BCUT2D eigenvalue weighted by atomic mass is 10.1. The number of hydrogen-bond donors (Lipinski definition) is 1. The van der Waals surface area contributed by atoms with Crippen molar-refractivity contribution in [2.45, 2.75) is 31.7 Å². The summed E-state index contributed by atoms with van der Waals surface area (Å²) in [6.45, 7) is 5.74. The number of nitrogens with one attached hydrogen (secondary N) is 1. The van der Waals surface area contributed by atoms with Crippen LogP contribution in [0.25, 0.3) is 0 Å². The van der Waals surface area contributed by atoms with Crippen molar-refractivity contribution in [2.24, 2.45) is 0 Å². The normalized spacial score (nSPS) is 12.8. The number of sulfonamides is 1. The van der Waals surface area contributed by atoms with Gasteiger partial charge >= 0.3 is 0 Å². The monoisotopic (exact) mass is 412 g/mol. The minimum atomic E-state index is -3.73. The molecule has 2 aromatic carbocycles. The lowest BCUT2D eigenvalue weighted by Gasteiger charge is -2.19. The molecule has 1 amide bonds. The van der Waals surface area contributed by atoms with E-state index < -0.39 is 27.8 Å². The first-order valence-electron chi connectivity index (χ1n) is 8.57. The molecule has 1 N–H and O–H groups in total. The Labute approximate surface area is 164 Å². The molecule has 0 aliphatic rings. The van der Waals surface area contributed by atoms with Crippen molar-refractivity contribution in [3.8, 4) is 0 Å². The highest BCUT2D eigenvalue weighted by Gasteiger charge is 2.24. The molecule has 5 nitrogen and oxygen atoms in total. The minimum absolute atomic E-state index is 0.0145. The molecule has 0 saturated carbocycles. The summed E-state index contributed by atoms with van der Waals surface area (Å²) in [5.74, 6) is -1.01. The second-order valence-corrected chi connectivity index (χ2v) is 8.29. The van der Waals surface area contributed by atoms with Crippen LogP contribution in [0.5, 0.6) is 0 Å². The van der Waals surface area contributed by atoms with Crippen LogP contribution in [0.4, 0.5) is 4.39 Å². The fourth-order valence-corrected chi connectivity index (χ4v) is 4.42. The Hall–Kier alpha value is -1.96. The van der Waals surface area contributed by atoms with Gasteiger partial charge in [-0.3, -0.25) is 4.79 Å². The van der Waals surface area contributed by atoms with Crippen LogP contribution in [0.15, 0.2) is 47.4 Å². The highest BCUT2D eigenvalue weighted by molar-refractivity contribution is 7.89. The van der Waals surface area contributed by atoms with E-state index in [1.54, 1.807) is 39.0 Å². The zero-order chi connectivity index (χ0) is 20.2. The molecular formula is C19H22ClFN2O3S. The predicted molar refractivity (Wildman–Crippen MR) is 104 cm³/mol. The van der Waals surface area contributed by atoms with Crippen molar-refractivity contribution in [3.63, 3.8) is 0 Å². The Balaban J connectivity index is 2.33. The number of halogens is 2. The topological polar surface area (TPSA) is 66.5 Å². The zero-order valence-electron chi connectivity index (χ0n) is 15.4. The fourth-order valence-electron chi connectivity index (χ4n) is 2.73. The van der Waals surface area contributed by atoms with Gasteiger partial charge in [0.1, 0.15) is 5.82 Å². The summed E-state index contributed by atoms with van der Waals surface area (Å²) in [6, 6.07) is 9.49. The smallest absolute Gasteiger partial charge is 0.253 e. The summed E-state index contributed by atoms with van der Waals surface area (Å²) in [6.07, 6.45) is 0. The number of benzene rings is 2. The van der Waals surface area contributed by atoms with Crippen LogP contribution in [0.2, 0.25) is 5.02 Å². The van der Waals surface area contributed by atoms with Gasteiger partial charge in [-0.25, -0.2) is 12.8 Å². The lowest BCUT2D eigenvalue weighted by molar-refractivity contribution is 0.0939. The maximum absolute atomic E-state index is 13.9. The maximum Gasteiger partial charge on any atom is 0.253 e. The first-order chi connectivity index (χ1) is 12.7. The highest BCUT2D eigenvalue weighted by Crippen LogP contribution is 2.24. The van der Waals surface area contributed by atoms with Crippen molar-refractivity contribution in [1.82, 2.24) is 9.62 Å². The summed E-state index contributed by atoms with van der Waals surface area (Å²) in [5.41, 5.74) is 0.349. The number of rotatable bonds is 7. The molecule has 0 heterocycles. The Bertz CT molecular complexity index is 930. The van der Waals surface area contributed by atoms with Gasteiger partial charge in [-0.1, -0.05) is 43.6 Å². The molecule has 0 saturated heterocycles. The Morgan fingerprint density at radius 1 is 1.19 bits per heavy atom. The van der Waals surface area contributed by atoms with E-state index in [9.17, 15) is 17.6 Å². The van der Waals surface area contributed by atoms with Crippen molar-refractivity contribution in [3.05, 3.63) is 64.4 Å². The van der Waals surface area contributed by atoms with E-state index in [2.05, 4.69) is 5.32 Å². The van der Waals surface area contributed by atoms with E-state index in [4.69, 9.17) is 11.6 Å². The first kappa shape index (κ1) is 21.3. The number of nitrogens with zero attached hydrogens (tertiary/aromatic N) is 1. The third-order valence-electron chi connectivity index (χ3n) is 4.24. The van der Waals surface area contributed by atoms with Crippen molar-refractivity contribution >= 4 is 27.5 Å². The van der Waals surface area contributed by atoms with Crippen molar-refractivity contribution < 1.29 is 17.6 Å². The van der Waals surface area contributed by atoms with Gasteiger partial charge in [0.05, 0.1) is 21.5 Å². The molecule has 0 bridgehead atoms. The zero-order valence-corrected chi connectivity index (χ0v) is 16.9. The molecule has 0 spiro atoms. The van der Waals surface area contributed by atoms with Gasteiger partial charge in [-0.2, -0.15) is 4.31 Å². The molecule has 0 aliphatic carbocycles. The number of hydrogen-bond acceptors (Lipinski definition) is 3. The van der Waals surface area contributed by atoms with Gasteiger partial charge in [0.2, 0.25) is 10.0 Å². The van der Waals surface area contributed by atoms with Crippen molar-refractivity contribution in [2.75, 3.05) is 13.1 Å². The molecule has 0 fully saturated rings. The van der Waals surface area contributed by atoms with Crippen LogP contribution < -0.4 is 5.32 Å². The molecular weight excluding hydrogens is 391 g/mol. The van der Waals surface area contributed by atoms with Gasteiger partial charge in [0.15, 0.2) is 0 Å². The molecule has 0 aromatic heterocycles. The summed E-state index contributed by atoms with van der Waals surface area (Å²) in [4.78, 5) is 12.6. The standard InChI is InChI=1S/C19H22ClFN2O3S/c1-4-23(5-2)27(25,26)14-10-11-17(20)16(12-14)19(24)22-13(3)15-8-6-7-9-18(15)21/h6-13H,4-5H2,1-3H3,(H,22,24)/t13-/m1/s1. The average Bonchev–Trinajstić information content (AvgIpc) is 2.62. The van der Waals surface area contributed by atoms with E-state index in [0.717, 1.165) is 0 Å². The first-order valence-corrected chi connectivity index (χ1v) is 10.4. The van der Waals surface area contributed by atoms with Gasteiger partial charge in [-0.05, 0) is 31.2 Å². The minimum Gasteiger partial charge on any atom is -0.345 e. The van der Waals surface area contributed by atoms with Crippen LogP contribution in [-0.2, 0) is 10.0 Å². The van der Waals surface area contributed by atoms with Crippen LogP contribution in [0.3, 0.4) is 0 Å². The number of carbonyl (C=O) groups excluding carboxylic acids is 1. The molecule has 1 atom stereocenters. The molecule has 2 rings (SSSR count). The third-order valence-corrected chi connectivity index (χ3v) is 6.62. The summed E-state index contributed by atoms with van der Waals surface area (Å²) < 4.78 is 40.5. The average molecular weight is 413 g/mol. The van der Waals surface area contributed by atoms with Gasteiger partial charge in [-0.15, -0.1) is 0 Å². The largest absolute Gasteiger partial charge is 0.345 e. The van der Waals surface area contributed by atoms with Crippen molar-refractivity contribution in [1.29, 1.82) is 0 Å². The van der Waals surface area contributed by atoms with Crippen LogP contribution >= 0.6 is 11.6 Å². The molecule has 146 valence electrons. The molecule has 2 aromatic rings. The van der Waals surface area contributed by atoms with E-state index in [-0.39, 0.29) is 15.5 Å². The van der Waals surface area contributed by atoms with Gasteiger partial charge in [0.25, 0.3) is 5.91 Å². The van der Waals surface area contributed by atoms with Crippen LogP contribution in [0.1, 0.15) is 42.7 Å². The fraction of sp³-hybridized carbons (Fsp3) is 0.316. The molecule has 0 radical (unpaired) electrons. The van der Waals surface area contributed by atoms with Gasteiger partial charge < -0.3 is 5.32 Å². The Morgan fingerprint density at radius 3 is 2.41 bits per heavy atom. The summed E-state index contributed by atoms with van der Waals surface area (Å²) in [5, 5.41) is 2.78.